The minimum atomic E-state index is -0.916. The third-order valence-electron chi connectivity index (χ3n) is 9.38. The molecular weight excluding hydrogens is 596 g/mol. The van der Waals surface area contributed by atoms with Crippen molar-refractivity contribution in [1.82, 2.24) is 15.2 Å². The van der Waals surface area contributed by atoms with E-state index in [9.17, 15) is 19.8 Å². The van der Waals surface area contributed by atoms with Crippen LogP contribution < -0.4 is 20.9 Å². The molecule has 2 saturated carbocycles. The molecule has 0 aliphatic heterocycles. The number of ether oxygens (including phenoxy) is 2. The smallest absolute Gasteiger partial charge is 0.411 e. The number of likely N-dealkylation sites (N-methyl/N-ethyl adjacent to an activating group) is 1. The van der Waals surface area contributed by atoms with Crippen molar-refractivity contribution in [3.05, 3.63) is 69.3 Å². The van der Waals surface area contributed by atoms with Gasteiger partial charge in [-0.1, -0.05) is 24.1 Å². The van der Waals surface area contributed by atoms with E-state index in [0.717, 1.165) is 17.4 Å². The fourth-order valence-electron chi connectivity index (χ4n) is 6.83. The number of nitrogens with one attached hydrogen (secondary N) is 3. The molecule has 0 spiro atoms. The molecule has 0 bridgehead atoms. The summed E-state index contributed by atoms with van der Waals surface area (Å²) >= 11 is 6.51. The van der Waals surface area contributed by atoms with Crippen molar-refractivity contribution in [3.8, 4) is 11.5 Å². The van der Waals surface area contributed by atoms with Gasteiger partial charge in [0.1, 0.15) is 18.1 Å². The van der Waals surface area contributed by atoms with Crippen molar-refractivity contribution in [1.29, 1.82) is 0 Å². The number of aromatic nitrogens is 1. The molecule has 1 heterocycles. The standard InChI is InChI=1S/C34H44ClN4O6/c1-39(24-9-7-22(8-10-24)21-5-3-4-6-21)15-16-45-34(43)37-28-18-31(44-2)23(17-27(28)35)19-36-20-30(41)25-11-13-29(40)33-26(25)12-14-32(42)38-33/h5,11-14,17-18,21-22,24,30,36,40-41H,3-4,6-10,15-16,19-20H2,1-2H3,(H,37,43)(H,38,42)/t21-,22-,24-,30+/m1/s1. The zero-order chi connectivity index (χ0) is 31.9. The number of phenols is 1. The molecule has 45 heavy (non-hydrogen) atoms. The third-order valence-corrected chi connectivity index (χ3v) is 9.70. The lowest BCUT2D eigenvalue weighted by Crippen LogP contribution is -2.38. The van der Waals surface area contributed by atoms with Crippen LogP contribution in [0.25, 0.3) is 10.9 Å². The van der Waals surface area contributed by atoms with Crippen molar-refractivity contribution >= 4 is 34.3 Å². The number of phenolic OH excluding ortho intramolecular Hbond substituents is 1. The number of H-pyrrole nitrogens is 1. The number of aromatic hydroxyl groups is 1. The Hall–Kier alpha value is -3.31. The van der Waals surface area contributed by atoms with Crippen molar-refractivity contribution in [2.24, 2.45) is 11.8 Å². The lowest BCUT2D eigenvalue weighted by Gasteiger charge is -2.36. The van der Waals surface area contributed by atoms with Gasteiger partial charge in [-0.2, -0.15) is 0 Å². The maximum atomic E-state index is 12.6. The van der Waals surface area contributed by atoms with Crippen LogP contribution in [0.15, 0.2) is 41.2 Å². The Morgan fingerprint density at radius 1 is 1.16 bits per heavy atom. The number of amides is 1. The number of halogens is 1. The zero-order valence-corrected chi connectivity index (χ0v) is 26.7. The second-order valence-electron chi connectivity index (χ2n) is 12.2. The summed E-state index contributed by atoms with van der Waals surface area (Å²) in [4.78, 5) is 29.2. The second kappa shape index (κ2) is 15.3. The first-order chi connectivity index (χ1) is 21.7. The molecule has 1 radical (unpaired) electrons. The number of nitrogens with zero attached hydrogens (tertiary/aromatic N) is 1. The number of aromatic amines is 1. The quantitative estimate of drug-likeness (QED) is 0.169. The topological polar surface area (TPSA) is 136 Å². The predicted molar refractivity (Wildman–Crippen MR) is 176 cm³/mol. The van der Waals surface area contributed by atoms with Crippen LogP contribution in [0.1, 0.15) is 62.2 Å². The number of methoxy groups -OCH3 is 1. The SMILES string of the molecule is COc1cc(NC(=O)OCCN(C)[C@H]2CC[C@H]([C@@H]3[CH]CCC3)CC2)c(Cl)cc1CNC[C@H](O)c1ccc(O)c2[nH]c(=O)ccc12. The van der Waals surface area contributed by atoms with Crippen LogP contribution in [-0.2, 0) is 11.3 Å². The molecule has 5 rings (SSSR count). The van der Waals surface area contributed by atoms with Crippen molar-refractivity contribution in [2.75, 3.05) is 39.2 Å². The summed E-state index contributed by atoms with van der Waals surface area (Å²) in [5, 5.41) is 27.8. The first-order valence-corrected chi connectivity index (χ1v) is 16.2. The average Bonchev–Trinajstić information content (AvgIpc) is 3.58. The summed E-state index contributed by atoms with van der Waals surface area (Å²) < 4.78 is 11.0. The van der Waals surface area contributed by atoms with Gasteiger partial charge in [-0.05, 0) is 87.6 Å². The number of aliphatic hydroxyl groups is 1. The molecule has 10 nitrogen and oxygen atoms in total. The number of carbonyl (C=O) groups is 1. The third kappa shape index (κ3) is 8.30. The lowest BCUT2D eigenvalue weighted by molar-refractivity contribution is 0.109. The molecule has 11 heteroatoms. The van der Waals surface area contributed by atoms with E-state index in [-0.39, 0.29) is 30.0 Å². The molecule has 1 amide bonds. The number of anilines is 1. The fourth-order valence-corrected chi connectivity index (χ4v) is 7.07. The van der Waals surface area contributed by atoms with Crippen LogP contribution in [0.4, 0.5) is 10.5 Å². The molecular formula is C34H44ClN4O6. The van der Waals surface area contributed by atoms with Gasteiger partial charge in [-0.25, -0.2) is 4.79 Å². The number of hydrogen-bond acceptors (Lipinski definition) is 8. The van der Waals surface area contributed by atoms with Crippen LogP contribution in [0.3, 0.4) is 0 Å². The van der Waals surface area contributed by atoms with Gasteiger partial charge in [-0.3, -0.25) is 10.1 Å². The van der Waals surface area contributed by atoms with Crippen LogP contribution in [0, 0.1) is 18.3 Å². The van der Waals surface area contributed by atoms with Gasteiger partial charge in [0.15, 0.2) is 0 Å². The Kier molecular flexibility index (Phi) is 11.3. The van der Waals surface area contributed by atoms with Crippen LogP contribution in [0.5, 0.6) is 11.5 Å². The number of hydrogen-bond donors (Lipinski definition) is 5. The zero-order valence-electron chi connectivity index (χ0n) is 26.0. The van der Waals surface area contributed by atoms with E-state index in [1.165, 1.54) is 64.2 Å². The van der Waals surface area contributed by atoms with Gasteiger partial charge in [-0.15, -0.1) is 0 Å². The first kappa shape index (κ1) is 33.1. The average molecular weight is 640 g/mol. The summed E-state index contributed by atoms with van der Waals surface area (Å²) in [6.45, 7) is 1.46. The fraction of sp³-hybridized carbons (Fsp3) is 0.500. The Labute approximate surface area is 269 Å². The molecule has 0 saturated heterocycles. The lowest BCUT2D eigenvalue weighted by atomic mass is 9.77. The number of benzene rings is 2. The van der Waals surface area contributed by atoms with Gasteiger partial charge in [0, 0.05) is 48.8 Å². The summed E-state index contributed by atoms with van der Waals surface area (Å²) in [5.41, 5.74) is 1.60. The Morgan fingerprint density at radius 3 is 2.69 bits per heavy atom. The molecule has 1 aromatic heterocycles. The predicted octanol–water partition coefficient (Wildman–Crippen LogP) is 5.76. The van der Waals surface area contributed by atoms with Crippen LogP contribution >= 0.6 is 11.6 Å². The number of rotatable bonds is 12. The van der Waals surface area contributed by atoms with E-state index in [1.54, 1.807) is 24.3 Å². The maximum absolute atomic E-state index is 12.6. The van der Waals surface area contributed by atoms with Crippen LogP contribution in [0.2, 0.25) is 5.02 Å². The molecule has 5 N–H and O–H groups in total. The van der Waals surface area contributed by atoms with Crippen molar-refractivity contribution in [2.45, 2.75) is 63.6 Å². The summed E-state index contributed by atoms with van der Waals surface area (Å²) in [5.74, 6) is 2.10. The van der Waals surface area contributed by atoms with Crippen LogP contribution in [-0.4, -0.2) is 66.1 Å². The van der Waals surface area contributed by atoms with Gasteiger partial charge < -0.3 is 34.9 Å². The van der Waals surface area contributed by atoms with E-state index in [4.69, 9.17) is 21.1 Å². The molecule has 2 aromatic carbocycles. The number of pyridine rings is 1. The van der Waals surface area contributed by atoms with Gasteiger partial charge >= 0.3 is 6.09 Å². The highest BCUT2D eigenvalue weighted by Crippen LogP contribution is 2.39. The highest BCUT2D eigenvalue weighted by molar-refractivity contribution is 6.33. The Balaban J connectivity index is 1.08. The Morgan fingerprint density at radius 2 is 1.96 bits per heavy atom. The van der Waals surface area contributed by atoms with E-state index in [2.05, 4.69) is 34.0 Å². The summed E-state index contributed by atoms with van der Waals surface area (Å²) in [6.07, 6.45) is 9.98. The molecule has 0 unspecified atom stereocenters. The number of fused-ring (bicyclic) bond motifs is 1. The van der Waals surface area contributed by atoms with E-state index in [0.29, 0.717) is 46.5 Å². The summed E-state index contributed by atoms with van der Waals surface area (Å²) in [6, 6.07) is 9.86. The maximum Gasteiger partial charge on any atom is 0.411 e. The van der Waals surface area contributed by atoms with Gasteiger partial charge in [0.25, 0.3) is 0 Å². The minimum absolute atomic E-state index is 0.0679. The van der Waals surface area contributed by atoms with Crippen molar-refractivity contribution in [3.63, 3.8) is 0 Å². The van der Waals surface area contributed by atoms with E-state index in [1.807, 2.05) is 0 Å². The molecule has 2 fully saturated rings. The van der Waals surface area contributed by atoms with Gasteiger partial charge in [0.05, 0.1) is 29.4 Å². The first-order valence-electron chi connectivity index (χ1n) is 15.8. The normalized spacial score (nSPS) is 19.6. The number of aliphatic hydroxyl groups excluding tert-OH is 1. The summed E-state index contributed by atoms with van der Waals surface area (Å²) in [7, 11) is 3.64. The molecule has 2 aliphatic rings. The monoisotopic (exact) mass is 639 g/mol. The molecule has 243 valence electrons. The highest BCUT2D eigenvalue weighted by atomic mass is 35.5. The molecule has 2 aliphatic carbocycles. The largest absolute Gasteiger partial charge is 0.506 e. The number of carbonyl (C=O) groups excluding carboxylic acids is 1. The second-order valence-corrected chi connectivity index (χ2v) is 12.6. The van der Waals surface area contributed by atoms with Gasteiger partial charge in [0.2, 0.25) is 5.56 Å². The van der Waals surface area contributed by atoms with E-state index < -0.39 is 12.2 Å². The highest BCUT2D eigenvalue weighted by Gasteiger charge is 2.30. The van der Waals surface area contributed by atoms with Crippen molar-refractivity contribution < 1.29 is 24.5 Å². The molecule has 2 atom stereocenters. The van der Waals surface area contributed by atoms with E-state index >= 15 is 0 Å². The Bertz CT molecular complexity index is 1520. The minimum Gasteiger partial charge on any atom is -0.506 e. The molecule has 3 aromatic rings.